The Morgan fingerprint density at radius 3 is 2.67 bits per heavy atom. The summed E-state index contributed by atoms with van der Waals surface area (Å²) < 4.78 is 5.54. The second-order valence-electron chi connectivity index (χ2n) is 7.99. The molecule has 0 saturated heterocycles. The summed E-state index contributed by atoms with van der Waals surface area (Å²) in [6, 6.07) is 22.6. The molecule has 3 aromatic carbocycles. The van der Waals surface area contributed by atoms with Crippen LogP contribution < -0.4 is 4.90 Å². The van der Waals surface area contributed by atoms with Crippen molar-refractivity contribution in [3.63, 3.8) is 0 Å². The fourth-order valence-electron chi connectivity index (χ4n) is 4.36. The number of aromatic nitrogens is 1. The molecule has 6 heteroatoms. The van der Waals surface area contributed by atoms with Crippen molar-refractivity contribution < 1.29 is 14.3 Å². The van der Waals surface area contributed by atoms with Crippen molar-refractivity contribution in [1.29, 1.82) is 0 Å². The number of benzene rings is 3. The summed E-state index contributed by atoms with van der Waals surface area (Å²) in [4.78, 5) is 32.5. The number of fused-ring (bicyclic) bond motifs is 2. The molecule has 2 heterocycles. The topological polar surface area (TPSA) is 59.5 Å². The van der Waals surface area contributed by atoms with Gasteiger partial charge in [0.15, 0.2) is 6.61 Å². The highest BCUT2D eigenvalue weighted by Gasteiger charge is 2.26. The van der Waals surface area contributed by atoms with Gasteiger partial charge in [0.05, 0.1) is 16.8 Å². The second-order valence-corrected chi connectivity index (χ2v) is 8.42. The average Bonchev–Trinajstić information content (AvgIpc) is 3.26. The molecule has 0 N–H and O–H groups in total. The van der Waals surface area contributed by atoms with Crippen LogP contribution in [0.4, 0.5) is 5.69 Å². The summed E-state index contributed by atoms with van der Waals surface area (Å²) in [7, 11) is 0. The highest BCUT2D eigenvalue weighted by molar-refractivity contribution is 6.30. The van der Waals surface area contributed by atoms with Gasteiger partial charge in [-0.3, -0.25) is 4.79 Å². The Hall–Kier alpha value is -3.70. The van der Waals surface area contributed by atoms with E-state index in [4.69, 9.17) is 21.3 Å². The van der Waals surface area contributed by atoms with Crippen molar-refractivity contribution in [2.45, 2.75) is 13.3 Å². The minimum Gasteiger partial charge on any atom is -0.452 e. The maximum Gasteiger partial charge on any atom is 0.339 e. The molecule has 0 radical (unpaired) electrons. The Bertz CT molecular complexity index is 1400. The van der Waals surface area contributed by atoms with Gasteiger partial charge in [-0.1, -0.05) is 60.1 Å². The lowest BCUT2D eigenvalue weighted by atomic mass is 9.98. The van der Waals surface area contributed by atoms with Gasteiger partial charge in [0.1, 0.15) is 0 Å². The first kappa shape index (κ1) is 21.2. The van der Waals surface area contributed by atoms with Crippen molar-refractivity contribution in [3.05, 3.63) is 94.5 Å². The Labute approximate surface area is 196 Å². The number of carbonyl (C=O) groups excluding carboxylic acids is 2. The lowest BCUT2D eigenvalue weighted by Gasteiger charge is -2.18. The highest BCUT2D eigenvalue weighted by atomic mass is 35.5. The van der Waals surface area contributed by atoms with E-state index in [1.807, 2.05) is 73.7 Å². The molecule has 0 fully saturated rings. The number of nitrogens with zero attached hydrogens (tertiary/aromatic N) is 2. The van der Waals surface area contributed by atoms with Gasteiger partial charge in [-0.05, 0) is 48.7 Å². The molecular weight excluding hydrogens is 436 g/mol. The van der Waals surface area contributed by atoms with Crippen LogP contribution in [0.1, 0.15) is 21.5 Å². The van der Waals surface area contributed by atoms with E-state index in [0.29, 0.717) is 39.3 Å². The van der Waals surface area contributed by atoms with Crippen molar-refractivity contribution in [1.82, 2.24) is 4.98 Å². The number of halogens is 1. The molecular formula is C27H21ClN2O3. The summed E-state index contributed by atoms with van der Waals surface area (Å²) in [6.45, 7) is 2.10. The first-order valence-electron chi connectivity index (χ1n) is 10.7. The molecule has 1 aromatic heterocycles. The van der Waals surface area contributed by atoms with Gasteiger partial charge in [0.25, 0.3) is 5.91 Å². The SMILES string of the molecule is Cc1c(-c2cccc(Cl)c2)nc2ccccc2c1C(=O)OCC(=O)N1CCc2ccccc21. The van der Waals surface area contributed by atoms with Gasteiger partial charge in [-0.25, -0.2) is 9.78 Å². The zero-order chi connectivity index (χ0) is 22.9. The van der Waals surface area contributed by atoms with E-state index in [1.54, 1.807) is 11.0 Å². The number of hydrogen-bond acceptors (Lipinski definition) is 4. The molecule has 1 aliphatic heterocycles. The third-order valence-electron chi connectivity index (χ3n) is 5.95. The summed E-state index contributed by atoms with van der Waals surface area (Å²) in [5.74, 6) is -0.783. The van der Waals surface area contributed by atoms with Gasteiger partial charge in [0.2, 0.25) is 0 Å². The van der Waals surface area contributed by atoms with E-state index in [0.717, 1.165) is 23.2 Å². The quantitative estimate of drug-likeness (QED) is 0.374. The van der Waals surface area contributed by atoms with E-state index in [1.165, 1.54) is 0 Å². The fourth-order valence-corrected chi connectivity index (χ4v) is 4.55. The third kappa shape index (κ3) is 3.96. The zero-order valence-corrected chi connectivity index (χ0v) is 18.8. The zero-order valence-electron chi connectivity index (χ0n) is 18.0. The fraction of sp³-hybridized carbons (Fsp3) is 0.148. The van der Waals surface area contributed by atoms with Crippen LogP contribution in [0.15, 0.2) is 72.8 Å². The predicted octanol–water partition coefficient (Wildman–Crippen LogP) is 5.61. The van der Waals surface area contributed by atoms with Gasteiger partial charge in [0, 0.05) is 28.2 Å². The minimum atomic E-state index is -0.546. The van der Waals surface area contributed by atoms with Gasteiger partial charge < -0.3 is 9.64 Å². The molecule has 33 heavy (non-hydrogen) atoms. The van der Waals surface area contributed by atoms with Gasteiger partial charge >= 0.3 is 5.97 Å². The number of anilines is 1. The molecule has 0 spiro atoms. The number of pyridine rings is 1. The van der Waals surface area contributed by atoms with Crippen LogP contribution in [0.5, 0.6) is 0 Å². The van der Waals surface area contributed by atoms with Crippen molar-refractivity contribution in [2.75, 3.05) is 18.1 Å². The molecule has 0 atom stereocenters. The van der Waals surface area contributed by atoms with E-state index >= 15 is 0 Å². The molecule has 4 aromatic rings. The van der Waals surface area contributed by atoms with E-state index in [-0.39, 0.29) is 12.5 Å². The number of para-hydroxylation sites is 2. The summed E-state index contributed by atoms with van der Waals surface area (Å²) in [5.41, 5.74) is 5.23. The van der Waals surface area contributed by atoms with Crippen LogP contribution in [-0.4, -0.2) is 30.0 Å². The largest absolute Gasteiger partial charge is 0.452 e. The van der Waals surface area contributed by atoms with Gasteiger partial charge in [-0.15, -0.1) is 0 Å². The van der Waals surface area contributed by atoms with E-state index < -0.39 is 5.97 Å². The molecule has 5 rings (SSSR count). The number of amides is 1. The Balaban J connectivity index is 1.46. The van der Waals surface area contributed by atoms with E-state index in [9.17, 15) is 9.59 Å². The Morgan fingerprint density at radius 2 is 1.82 bits per heavy atom. The normalized spacial score (nSPS) is 12.6. The summed E-state index contributed by atoms with van der Waals surface area (Å²) >= 11 is 6.19. The average molecular weight is 457 g/mol. The first-order chi connectivity index (χ1) is 16.0. The van der Waals surface area contributed by atoms with Crippen LogP contribution >= 0.6 is 11.6 Å². The summed E-state index contributed by atoms with van der Waals surface area (Å²) in [5, 5.41) is 1.27. The number of carbonyl (C=O) groups is 2. The van der Waals surface area contributed by atoms with Crippen molar-refractivity contribution >= 4 is 40.1 Å². The van der Waals surface area contributed by atoms with Crippen LogP contribution in [0.25, 0.3) is 22.2 Å². The van der Waals surface area contributed by atoms with Crippen LogP contribution in [-0.2, 0) is 16.0 Å². The molecule has 1 amide bonds. The van der Waals surface area contributed by atoms with E-state index in [2.05, 4.69) is 0 Å². The monoisotopic (exact) mass is 456 g/mol. The first-order valence-corrected chi connectivity index (χ1v) is 11.1. The van der Waals surface area contributed by atoms with Crippen LogP contribution in [0.3, 0.4) is 0 Å². The lowest BCUT2D eigenvalue weighted by Crippen LogP contribution is -2.33. The maximum atomic E-state index is 13.2. The molecule has 0 unspecified atom stereocenters. The predicted molar refractivity (Wildman–Crippen MR) is 130 cm³/mol. The maximum absolute atomic E-state index is 13.2. The second kappa shape index (κ2) is 8.68. The Kier molecular flexibility index (Phi) is 5.56. The smallest absolute Gasteiger partial charge is 0.339 e. The van der Waals surface area contributed by atoms with Crippen LogP contribution in [0.2, 0.25) is 5.02 Å². The third-order valence-corrected chi connectivity index (χ3v) is 6.19. The number of hydrogen-bond donors (Lipinski definition) is 0. The van der Waals surface area contributed by atoms with Crippen LogP contribution in [0, 0.1) is 6.92 Å². The number of rotatable bonds is 4. The highest BCUT2D eigenvalue weighted by Crippen LogP contribution is 2.32. The lowest BCUT2D eigenvalue weighted by molar-refractivity contribution is -0.121. The molecule has 0 saturated carbocycles. The molecule has 5 nitrogen and oxygen atoms in total. The molecule has 1 aliphatic rings. The number of esters is 1. The standard InChI is InChI=1S/C27H21ClN2O3/c1-17-25(27(32)33-16-24(31)30-14-13-18-7-2-5-12-23(18)30)21-10-3-4-11-22(21)29-26(17)19-8-6-9-20(28)15-19/h2-12,15H,13-14,16H2,1H3. The molecule has 164 valence electrons. The van der Waals surface area contributed by atoms with Crippen molar-refractivity contribution in [2.24, 2.45) is 0 Å². The Morgan fingerprint density at radius 1 is 1.03 bits per heavy atom. The van der Waals surface area contributed by atoms with Crippen molar-refractivity contribution in [3.8, 4) is 11.3 Å². The number of ether oxygens (including phenoxy) is 1. The van der Waals surface area contributed by atoms with Gasteiger partial charge in [-0.2, -0.15) is 0 Å². The molecule has 0 aliphatic carbocycles. The summed E-state index contributed by atoms with van der Waals surface area (Å²) in [6.07, 6.45) is 0.799. The molecule has 0 bridgehead atoms. The minimum absolute atomic E-state index is 0.237.